The molecule has 1 heterocycles. The Morgan fingerprint density at radius 3 is 2.70 bits per heavy atom. The zero-order chi connectivity index (χ0) is 7.56. The van der Waals surface area contributed by atoms with Crippen molar-refractivity contribution in [2.45, 2.75) is 13.3 Å². The maximum atomic E-state index is 5.25. The third-order valence-electron chi connectivity index (χ3n) is 1.62. The SMILES string of the molecule is C#Cc1cc(CC)cn1C. The van der Waals surface area contributed by atoms with Crippen LogP contribution in [0.5, 0.6) is 0 Å². The van der Waals surface area contributed by atoms with Gasteiger partial charge in [0, 0.05) is 13.2 Å². The second-order valence-corrected chi connectivity index (χ2v) is 2.34. The summed E-state index contributed by atoms with van der Waals surface area (Å²) in [5.74, 6) is 2.61. The Kier molecular flexibility index (Phi) is 1.82. The van der Waals surface area contributed by atoms with E-state index in [4.69, 9.17) is 6.42 Å². The van der Waals surface area contributed by atoms with Crippen molar-refractivity contribution in [2.75, 3.05) is 0 Å². The lowest BCUT2D eigenvalue weighted by molar-refractivity contribution is 0.905. The molecule has 0 radical (unpaired) electrons. The maximum Gasteiger partial charge on any atom is 0.0917 e. The van der Waals surface area contributed by atoms with E-state index >= 15 is 0 Å². The maximum absolute atomic E-state index is 5.25. The Labute approximate surface area is 61.7 Å². The molecule has 1 nitrogen and oxygen atoms in total. The fourth-order valence-corrected chi connectivity index (χ4v) is 0.970. The van der Waals surface area contributed by atoms with Crippen molar-refractivity contribution < 1.29 is 0 Å². The molecule has 0 aromatic carbocycles. The van der Waals surface area contributed by atoms with E-state index in [1.807, 2.05) is 17.7 Å². The molecular formula is C9H11N. The number of hydrogen-bond donors (Lipinski definition) is 0. The van der Waals surface area contributed by atoms with Crippen LogP contribution in [0.15, 0.2) is 12.3 Å². The molecule has 10 heavy (non-hydrogen) atoms. The first kappa shape index (κ1) is 6.95. The number of nitrogens with zero attached hydrogens (tertiary/aromatic N) is 1. The van der Waals surface area contributed by atoms with Crippen LogP contribution in [0.2, 0.25) is 0 Å². The number of terminal acetylenes is 1. The highest BCUT2D eigenvalue weighted by Crippen LogP contribution is 2.05. The van der Waals surface area contributed by atoms with E-state index in [1.54, 1.807) is 0 Å². The standard InChI is InChI=1S/C9H11N/c1-4-8-6-9(5-2)10(3)7-8/h2,6-7H,4H2,1,3H3. The van der Waals surface area contributed by atoms with Crippen molar-refractivity contribution in [2.24, 2.45) is 7.05 Å². The average molecular weight is 133 g/mol. The topological polar surface area (TPSA) is 4.93 Å². The summed E-state index contributed by atoms with van der Waals surface area (Å²) in [5, 5.41) is 0. The van der Waals surface area contributed by atoms with E-state index in [9.17, 15) is 0 Å². The Balaban J connectivity index is 3.07. The zero-order valence-corrected chi connectivity index (χ0v) is 6.39. The normalized spacial score (nSPS) is 9.30. The van der Waals surface area contributed by atoms with Crippen LogP contribution in [0.25, 0.3) is 0 Å². The molecule has 0 bridgehead atoms. The van der Waals surface area contributed by atoms with Gasteiger partial charge in [0.1, 0.15) is 0 Å². The van der Waals surface area contributed by atoms with Gasteiger partial charge in [0.25, 0.3) is 0 Å². The molecule has 0 aliphatic rings. The average Bonchev–Trinajstić information content (AvgIpc) is 2.30. The second kappa shape index (κ2) is 2.62. The molecule has 0 atom stereocenters. The molecule has 0 fully saturated rings. The van der Waals surface area contributed by atoms with Crippen LogP contribution in [0.1, 0.15) is 18.2 Å². The van der Waals surface area contributed by atoms with E-state index in [1.165, 1.54) is 5.56 Å². The number of rotatable bonds is 1. The van der Waals surface area contributed by atoms with E-state index in [0.29, 0.717) is 0 Å². The summed E-state index contributed by atoms with van der Waals surface area (Å²) in [5.41, 5.74) is 2.26. The summed E-state index contributed by atoms with van der Waals surface area (Å²) < 4.78 is 1.97. The third kappa shape index (κ3) is 1.06. The number of aryl methyl sites for hydroxylation is 2. The van der Waals surface area contributed by atoms with Gasteiger partial charge in [0.05, 0.1) is 5.69 Å². The number of hydrogen-bond acceptors (Lipinski definition) is 0. The van der Waals surface area contributed by atoms with Crippen molar-refractivity contribution in [1.82, 2.24) is 4.57 Å². The first-order valence-corrected chi connectivity index (χ1v) is 3.39. The van der Waals surface area contributed by atoms with E-state index in [0.717, 1.165) is 12.1 Å². The molecule has 0 saturated heterocycles. The Morgan fingerprint density at radius 2 is 2.40 bits per heavy atom. The van der Waals surface area contributed by atoms with Crippen molar-refractivity contribution in [3.8, 4) is 12.3 Å². The smallest absolute Gasteiger partial charge is 0.0917 e. The van der Waals surface area contributed by atoms with Gasteiger partial charge in [-0.3, -0.25) is 0 Å². The molecule has 0 saturated carbocycles. The van der Waals surface area contributed by atoms with E-state index in [2.05, 4.69) is 19.0 Å². The van der Waals surface area contributed by atoms with Crippen LogP contribution < -0.4 is 0 Å². The Bertz CT molecular complexity index is 263. The number of aromatic nitrogens is 1. The first-order valence-electron chi connectivity index (χ1n) is 3.39. The molecule has 0 spiro atoms. The highest BCUT2D eigenvalue weighted by molar-refractivity contribution is 5.30. The van der Waals surface area contributed by atoms with Gasteiger partial charge < -0.3 is 4.57 Å². The summed E-state index contributed by atoms with van der Waals surface area (Å²) >= 11 is 0. The van der Waals surface area contributed by atoms with Crippen LogP contribution in [0.4, 0.5) is 0 Å². The Morgan fingerprint density at radius 1 is 1.70 bits per heavy atom. The summed E-state index contributed by atoms with van der Waals surface area (Å²) in [7, 11) is 1.97. The van der Waals surface area contributed by atoms with Gasteiger partial charge in [-0.05, 0) is 18.1 Å². The van der Waals surface area contributed by atoms with Crippen LogP contribution in [0.3, 0.4) is 0 Å². The van der Waals surface area contributed by atoms with Gasteiger partial charge >= 0.3 is 0 Å². The Hall–Kier alpha value is -1.16. The van der Waals surface area contributed by atoms with Crippen molar-refractivity contribution in [3.05, 3.63) is 23.5 Å². The molecule has 0 N–H and O–H groups in total. The van der Waals surface area contributed by atoms with Gasteiger partial charge in [0.2, 0.25) is 0 Å². The first-order chi connectivity index (χ1) is 4.77. The molecule has 1 aromatic heterocycles. The van der Waals surface area contributed by atoms with Gasteiger partial charge in [-0.25, -0.2) is 0 Å². The summed E-state index contributed by atoms with van der Waals surface area (Å²) in [6, 6.07) is 2.04. The molecule has 0 amide bonds. The molecule has 1 rings (SSSR count). The fourth-order valence-electron chi connectivity index (χ4n) is 0.970. The predicted octanol–water partition coefficient (Wildman–Crippen LogP) is 1.57. The van der Waals surface area contributed by atoms with Crippen LogP contribution in [-0.2, 0) is 13.5 Å². The molecule has 0 aliphatic carbocycles. The molecule has 52 valence electrons. The highest BCUT2D eigenvalue weighted by Gasteiger charge is 1.96. The largest absolute Gasteiger partial charge is 0.344 e. The van der Waals surface area contributed by atoms with Gasteiger partial charge in [-0.1, -0.05) is 12.8 Å². The summed E-state index contributed by atoms with van der Waals surface area (Å²) in [6.45, 7) is 2.12. The van der Waals surface area contributed by atoms with Crippen molar-refractivity contribution >= 4 is 0 Å². The van der Waals surface area contributed by atoms with Crippen LogP contribution in [-0.4, -0.2) is 4.57 Å². The van der Waals surface area contributed by atoms with Gasteiger partial charge in [-0.15, -0.1) is 6.42 Å². The van der Waals surface area contributed by atoms with Crippen molar-refractivity contribution in [3.63, 3.8) is 0 Å². The van der Waals surface area contributed by atoms with E-state index in [-0.39, 0.29) is 0 Å². The highest BCUT2D eigenvalue weighted by atomic mass is 14.9. The quantitative estimate of drug-likeness (QED) is 0.512. The molecule has 1 heteroatoms. The lowest BCUT2D eigenvalue weighted by atomic mass is 10.2. The molecule has 0 aliphatic heterocycles. The fraction of sp³-hybridized carbons (Fsp3) is 0.333. The minimum atomic E-state index is 0.955. The summed E-state index contributed by atoms with van der Waals surface area (Å²) in [4.78, 5) is 0. The zero-order valence-electron chi connectivity index (χ0n) is 6.39. The minimum absolute atomic E-state index is 0.955. The van der Waals surface area contributed by atoms with Crippen LogP contribution in [0, 0.1) is 12.3 Å². The van der Waals surface area contributed by atoms with E-state index < -0.39 is 0 Å². The molecule has 1 aromatic rings. The lowest BCUT2D eigenvalue weighted by Gasteiger charge is -1.89. The van der Waals surface area contributed by atoms with Gasteiger partial charge in [-0.2, -0.15) is 0 Å². The third-order valence-corrected chi connectivity index (χ3v) is 1.62. The lowest BCUT2D eigenvalue weighted by Crippen LogP contribution is -1.86. The van der Waals surface area contributed by atoms with Crippen molar-refractivity contribution in [1.29, 1.82) is 0 Å². The predicted molar refractivity (Wildman–Crippen MR) is 42.7 cm³/mol. The second-order valence-electron chi connectivity index (χ2n) is 2.34. The molecular weight excluding hydrogens is 122 g/mol. The minimum Gasteiger partial charge on any atom is -0.344 e. The van der Waals surface area contributed by atoms with Crippen LogP contribution >= 0.6 is 0 Å². The monoisotopic (exact) mass is 133 g/mol. The molecule has 0 unspecified atom stereocenters. The van der Waals surface area contributed by atoms with Gasteiger partial charge in [0.15, 0.2) is 0 Å². The summed E-state index contributed by atoms with van der Waals surface area (Å²) in [6.07, 6.45) is 8.36.